The molecule has 1 saturated heterocycles. The van der Waals surface area contributed by atoms with E-state index in [4.69, 9.17) is 9.47 Å². The van der Waals surface area contributed by atoms with Gasteiger partial charge in [-0.3, -0.25) is 9.69 Å². The number of nitrogens with one attached hydrogen (secondary N) is 1. The summed E-state index contributed by atoms with van der Waals surface area (Å²) in [6.45, 7) is 8.18. The van der Waals surface area contributed by atoms with Crippen molar-refractivity contribution in [2.45, 2.75) is 52.3 Å². The molecular formula is C25H33FN2O3. The highest BCUT2D eigenvalue weighted by atomic mass is 19.1. The zero-order valence-corrected chi connectivity index (χ0v) is 18.9. The minimum Gasteiger partial charge on any atom is -0.493 e. The second-order valence-corrected chi connectivity index (χ2v) is 8.51. The molecule has 0 saturated carbocycles. The van der Waals surface area contributed by atoms with Crippen LogP contribution in [0.4, 0.5) is 4.39 Å². The van der Waals surface area contributed by atoms with Gasteiger partial charge in [-0.05, 0) is 75.5 Å². The van der Waals surface area contributed by atoms with Crippen LogP contribution in [0.2, 0.25) is 0 Å². The van der Waals surface area contributed by atoms with Crippen molar-refractivity contribution >= 4 is 5.91 Å². The second kappa shape index (κ2) is 10.6. The van der Waals surface area contributed by atoms with E-state index >= 15 is 0 Å². The van der Waals surface area contributed by atoms with Gasteiger partial charge >= 0.3 is 0 Å². The van der Waals surface area contributed by atoms with Crippen molar-refractivity contribution in [1.29, 1.82) is 0 Å². The van der Waals surface area contributed by atoms with Crippen molar-refractivity contribution < 1.29 is 18.7 Å². The summed E-state index contributed by atoms with van der Waals surface area (Å²) in [5.41, 5.74) is 1.90. The monoisotopic (exact) mass is 428 g/mol. The Kier molecular flexibility index (Phi) is 7.91. The van der Waals surface area contributed by atoms with Crippen LogP contribution >= 0.6 is 0 Å². The number of carbonyl (C=O) groups excluding carboxylic acids is 1. The maximum absolute atomic E-state index is 13.5. The van der Waals surface area contributed by atoms with Crippen molar-refractivity contribution in [2.75, 3.05) is 20.2 Å². The molecule has 6 heteroatoms. The number of amides is 1. The first-order valence-corrected chi connectivity index (χ1v) is 11.0. The third-order valence-electron chi connectivity index (χ3n) is 5.58. The van der Waals surface area contributed by atoms with Crippen LogP contribution in [0.15, 0.2) is 42.5 Å². The lowest BCUT2D eigenvalue weighted by atomic mass is 9.96. The molecule has 0 radical (unpaired) electrons. The van der Waals surface area contributed by atoms with Crippen molar-refractivity contribution in [3.05, 3.63) is 59.4 Å². The van der Waals surface area contributed by atoms with E-state index in [0.29, 0.717) is 24.6 Å². The van der Waals surface area contributed by atoms with E-state index in [1.165, 1.54) is 6.07 Å². The molecule has 1 fully saturated rings. The first kappa shape index (κ1) is 23.1. The van der Waals surface area contributed by atoms with Gasteiger partial charge in [0, 0.05) is 13.1 Å². The lowest BCUT2D eigenvalue weighted by Crippen LogP contribution is -2.43. The lowest BCUT2D eigenvalue weighted by Gasteiger charge is -2.32. The summed E-state index contributed by atoms with van der Waals surface area (Å²) in [4.78, 5) is 15.2. The number of hydrogen-bond acceptors (Lipinski definition) is 4. The van der Waals surface area contributed by atoms with Gasteiger partial charge in [0.2, 0.25) is 5.91 Å². The normalized spacial score (nSPS) is 17.9. The molecule has 0 aliphatic carbocycles. The van der Waals surface area contributed by atoms with E-state index in [-0.39, 0.29) is 29.8 Å². The van der Waals surface area contributed by atoms with Gasteiger partial charge in [-0.1, -0.05) is 18.2 Å². The molecule has 1 aliphatic heterocycles. The van der Waals surface area contributed by atoms with E-state index in [2.05, 4.69) is 10.2 Å². The fraction of sp³-hybridized carbons (Fsp3) is 0.480. The zero-order valence-electron chi connectivity index (χ0n) is 18.9. The van der Waals surface area contributed by atoms with E-state index in [9.17, 15) is 9.18 Å². The highest BCUT2D eigenvalue weighted by Crippen LogP contribution is 2.31. The topological polar surface area (TPSA) is 50.8 Å². The highest BCUT2D eigenvalue weighted by molar-refractivity contribution is 5.79. The Bertz CT molecular complexity index is 887. The van der Waals surface area contributed by atoms with Gasteiger partial charge in [0.15, 0.2) is 11.5 Å². The number of piperidine rings is 1. The fourth-order valence-electron chi connectivity index (χ4n) is 4.03. The van der Waals surface area contributed by atoms with Crippen LogP contribution in [0.1, 0.15) is 50.8 Å². The number of rotatable bonds is 8. The Hall–Kier alpha value is -2.60. The Labute approximate surface area is 184 Å². The average Bonchev–Trinajstić information content (AvgIpc) is 2.73. The zero-order chi connectivity index (χ0) is 22.4. The van der Waals surface area contributed by atoms with Crippen LogP contribution in [0.25, 0.3) is 0 Å². The molecule has 1 amide bonds. The van der Waals surface area contributed by atoms with Gasteiger partial charge in [-0.15, -0.1) is 0 Å². The molecule has 0 aromatic heterocycles. The molecule has 168 valence electrons. The number of nitrogens with zero attached hydrogens (tertiary/aromatic N) is 1. The van der Waals surface area contributed by atoms with Crippen molar-refractivity contribution in [3.63, 3.8) is 0 Å². The quantitative estimate of drug-likeness (QED) is 0.662. The van der Waals surface area contributed by atoms with E-state index < -0.39 is 0 Å². The minimum atomic E-state index is -0.224. The molecule has 1 heterocycles. The Morgan fingerprint density at radius 3 is 2.71 bits per heavy atom. The van der Waals surface area contributed by atoms with Crippen LogP contribution in [0, 0.1) is 11.7 Å². The summed E-state index contributed by atoms with van der Waals surface area (Å²) in [6.07, 6.45) is 1.87. The maximum atomic E-state index is 13.5. The van der Waals surface area contributed by atoms with Crippen LogP contribution in [-0.2, 0) is 11.3 Å². The molecule has 2 unspecified atom stereocenters. The number of ether oxygens (including phenoxy) is 2. The molecular weight excluding hydrogens is 395 g/mol. The first-order valence-electron chi connectivity index (χ1n) is 11.0. The molecule has 3 rings (SSSR count). The van der Waals surface area contributed by atoms with Gasteiger partial charge in [0.1, 0.15) is 5.82 Å². The molecule has 0 spiro atoms. The van der Waals surface area contributed by atoms with Crippen molar-refractivity contribution in [2.24, 2.45) is 5.92 Å². The number of halogens is 1. The van der Waals surface area contributed by atoms with Gasteiger partial charge in [0.05, 0.1) is 25.2 Å². The number of carbonyl (C=O) groups is 1. The molecule has 1 N–H and O–H groups in total. The van der Waals surface area contributed by atoms with Crippen LogP contribution < -0.4 is 14.8 Å². The first-order chi connectivity index (χ1) is 14.9. The largest absolute Gasteiger partial charge is 0.493 e. The number of likely N-dealkylation sites (tertiary alicyclic amines) is 1. The van der Waals surface area contributed by atoms with Gasteiger partial charge < -0.3 is 14.8 Å². The number of methoxy groups -OCH3 is 1. The summed E-state index contributed by atoms with van der Waals surface area (Å²) < 4.78 is 24.7. The molecule has 2 atom stereocenters. The van der Waals surface area contributed by atoms with Gasteiger partial charge in [0.25, 0.3) is 0 Å². The SMILES string of the molecule is COc1cc(C(C)NC(=O)C2CCCN(Cc3cccc(F)c3)C2)ccc1OC(C)C. The average molecular weight is 429 g/mol. The molecule has 31 heavy (non-hydrogen) atoms. The van der Waals surface area contributed by atoms with E-state index in [0.717, 1.165) is 30.5 Å². The molecule has 0 bridgehead atoms. The summed E-state index contributed by atoms with van der Waals surface area (Å²) in [5, 5.41) is 3.15. The summed E-state index contributed by atoms with van der Waals surface area (Å²) in [5.74, 6) is 1.11. The maximum Gasteiger partial charge on any atom is 0.224 e. The van der Waals surface area contributed by atoms with Crippen molar-refractivity contribution in [3.8, 4) is 11.5 Å². The third-order valence-corrected chi connectivity index (χ3v) is 5.58. The third kappa shape index (κ3) is 6.44. The van der Waals surface area contributed by atoms with Crippen LogP contribution in [0.3, 0.4) is 0 Å². The van der Waals surface area contributed by atoms with Crippen molar-refractivity contribution in [1.82, 2.24) is 10.2 Å². The molecule has 5 nitrogen and oxygen atoms in total. The number of benzene rings is 2. The summed E-state index contributed by atoms with van der Waals surface area (Å²) >= 11 is 0. The molecule has 2 aromatic carbocycles. The Morgan fingerprint density at radius 2 is 2.00 bits per heavy atom. The Morgan fingerprint density at radius 1 is 1.19 bits per heavy atom. The van der Waals surface area contributed by atoms with Gasteiger partial charge in [-0.25, -0.2) is 4.39 Å². The second-order valence-electron chi connectivity index (χ2n) is 8.51. The van der Waals surface area contributed by atoms with E-state index in [1.54, 1.807) is 19.2 Å². The predicted molar refractivity (Wildman–Crippen MR) is 120 cm³/mol. The fourth-order valence-corrected chi connectivity index (χ4v) is 4.03. The lowest BCUT2D eigenvalue weighted by molar-refractivity contribution is -0.127. The minimum absolute atomic E-state index is 0.0536. The van der Waals surface area contributed by atoms with Crippen LogP contribution in [-0.4, -0.2) is 37.1 Å². The summed E-state index contributed by atoms with van der Waals surface area (Å²) in [6, 6.07) is 12.3. The smallest absolute Gasteiger partial charge is 0.224 e. The summed E-state index contributed by atoms with van der Waals surface area (Å²) in [7, 11) is 1.62. The standard InChI is InChI=1S/C25H33FN2O3/c1-17(2)31-23-11-10-20(14-24(23)30-4)18(3)27-25(29)21-8-6-12-28(16-21)15-19-7-5-9-22(26)13-19/h5,7,9-11,13-14,17-18,21H,6,8,12,15-16H2,1-4H3,(H,27,29). The molecule has 2 aromatic rings. The molecule has 1 aliphatic rings. The Balaban J connectivity index is 1.60. The van der Waals surface area contributed by atoms with E-state index in [1.807, 2.05) is 45.0 Å². The number of hydrogen-bond donors (Lipinski definition) is 1. The highest BCUT2D eigenvalue weighted by Gasteiger charge is 2.27. The predicted octanol–water partition coefficient (Wildman–Crippen LogP) is 4.71. The van der Waals surface area contributed by atoms with Gasteiger partial charge in [-0.2, -0.15) is 0 Å². The van der Waals surface area contributed by atoms with Crippen LogP contribution in [0.5, 0.6) is 11.5 Å².